The summed E-state index contributed by atoms with van der Waals surface area (Å²) in [6.45, 7) is 13.8. The van der Waals surface area contributed by atoms with Gasteiger partial charge in [0.05, 0.1) is 37.0 Å². The molecule has 15 heteroatoms. The van der Waals surface area contributed by atoms with E-state index >= 15 is 4.39 Å². The molecule has 2 fully saturated rings. The lowest BCUT2D eigenvalue weighted by atomic mass is 9.93. The molecule has 3 aliphatic rings. The Balaban J connectivity index is 1.38. The SMILES string of the molecule is COc1nc(N2C3CCC2CN(C(=O)OC(C)(C)C)C3)c2c3c(c(-c4ncc(C)c5sc(NC(=O)OC(C)(C)C)c(C#N)c45)c(F)c2n1)COC3. The lowest BCUT2D eigenvalue weighted by molar-refractivity contribution is 0.0209. The molecule has 1 N–H and O–H groups in total. The van der Waals surface area contributed by atoms with Crippen LogP contribution in [0.15, 0.2) is 6.20 Å². The van der Waals surface area contributed by atoms with Gasteiger partial charge in [-0.15, -0.1) is 11.3 Å². The third-order valence-corrected chi connectivity index (χ3v) is 10.4. The van der Waals surface area contributed by atoms with E-state index in [2.05, 4.69) is 21.3 Å². The number of methoxy groups -OCH3 is 1. The molecule has 3 aliphatic heterocycles. The standard InChI is InChI=1S/C36H40FN7O6S/c1-17-12-39-27(24-20(11-38)31(51-29(17)24)42-33(45)49-35(2,3)4)23-21-15-48-16-22(21)25-28(26(23)37)40-32(47-8)41-30(25)44-18-9-10-19(44)14-43(13-18)34(46)50-36(5,6)7/h12,18-19H,9-10,13-16H2,1-8H3,(H,42,45). The van der Waals surface area contributed by atoms with Crippen molar-refractivity contribution in [3.8, 4) is 23.3 Å². The first-order valence-corrected chi connectivity index (χ1v) is 17.7. The molecule has 7 rings (SSSR count). The van der Waals surface area contributed by atoms with Crippen LogP contribution in [0.1, 0.15) is 76.6 Å². The van der Waals surface area contributed by atoms with Gasteiger partial charge < -0.3 is 28.7 Å². The summed E-state index contributed by atoms with van der Waals surface area (Å²) in [5.41, 5.74) is 1.31. The first-order valence-electron chi connectivity index (χ1n) is 16.8. The number of pyridine rings is 1. The predicted molar refractivity (Wildman–Crippen MR) is 190 cm³/mol. The highest BCUT2D eigenvalue weighted by Crippen LogP contribution is 2.48. The van der Waals surface area contributed by atoms with Crippen LogP contribution in [-0.2, 0) is 27.4 Å². The van der Waals surface area contributed by atoms with Crippen molar-refractivity contribution in [3.63, 3.8) is 0 Å². The van der Waals surface area contributed by atoms with Crippen LogP contribution in [0.5, 0.6) is 6.01 Å². The van der Waals surface area contributed by atoms with E-state index in [9.17, 15) is 14.9 Å². The first-order chi connectivity index (χ1) is 24.1. The number of thiophene rings is 1. The summed E-state index contributed by atoms with van der Waals surface area (Å²) >= 11 is 1.20. The summed E-state index contributed by atoms with van der Waals surface area (Å²) in [5.74, 6) is -0.121. The summed E-state index contributed by atoms with van der Waals surface area (Å²) < 4.78 is 40.7. The number of aryl methyl sites for hydroxylation is 1. The second-order valence-electron chi connectivity index (χ2n) is 15.1. The van der Waals surface area contributed by atoms with E-state index in [1.165, 1.54) is 18.4 Å². The highest BCUT2D eigenvalue weighted by Gasteiger charge is 2.45. The topological polar surface area (TPSA) is 152 Å². The molecule has 6 heterocycles. The smallest absolute Gasteiger partial charge is 0.412 e. The average Bonchev–Trinajstić information content (AvgIpc) is 3.73. The molecule has 2 saturated heterocycles. The van der Waals surface area contributed by atoms with Crippen molar-refractivity contribution >= 4 is 55.3 Å². The molecule has 0 aliphatic carbocycles. The van der Waals surface area contributed by atoms with Crippen molar-refractivity contribution in [2.24, 2.45) is 0 Å². The van der Waals surface area contributed by atoms with Crippen molar-refractivity contribution in [2.45, 2.75) is 97.8 Å². The molecule has 4 aromatic rings. The number of aromatic nitrogens is 3. The Morgan fingerprint density at radius 3 is 2.33 bits per heavy atom. The fourth-order valence-corrected chi connectivity index (χ4v) is 8.34. The Morgan fingerprint density at radius 2 is 1.71 bits per heavy atom. The highest BCUT2D eigenvalue weighted by molar-refractivity contribution is 7.23. The predicted octanol–water partition coefficient (Wildman–Crippen LogP) is 7.20. The van der Waals surface area contributed by atoms with Crippen LogP contribution >= 0.6 is 11.3 Å². The molecule has 0 spiro atoms. The van der Waals surface area contributed by atoms with Crippen molar-refractivity contribution in [1.82, 2.24) is 19.9 Å². The fourth-order valence-electron chi connectivity index (χ4n) is 7.24. The van der Waals surface area contributed by atoms with Crippen molar-refractivity contribution in [2.75, 3.05) is 30.4 Å². The van der Waals surface area contributed by atoms with Gasteiger partial charge in [-0.05, 0) is 78.0 Å². The maximum atomic E-state index is 17.4. The van der Waals surface area contributed by atoms with E-state index in [0.29, 0.717) is 39.9 Å². The number of anilines is 2. The maximum Gasteiger partial charge on any atom is 0.412 e. The Kier molecular flexibility index (Phi) is 8.45. The number of ether oxygens (including phenoxy) is 4. The number of nitrogens with zero attached hydrogens (tertiary/aromatic N) is 6. The Labute approximate surface area is 298 Å². The van der Waals surface area contributed by atoms with Gasteiger partial charge in [0, 0.05) is 47.0 Å². The summed E-state index contributed by atoms with van der Waals surface area (Å²) in [6.07, 6.45) is 2.20. The number of nitriles is 1. The second-order valence-corrected chi connectivity index (χ2v) is 16.1. The number of benzene rings is 1. The number of likely N-dealkylation sites (tertiary alicyclic amines) is 1. The molecule has 2 amide bonds. The van der Waals surface area contributed by atoms with Gasteiger partial charge in [0.2, 0.25) is 0 Å². The Hall–Kier alpha value is -4.81. The largest absolute Gasteiger partial charge is 0.467 e. The average molecular weight is 718 g/mol. The second kappa shape index (κ2) is 12.4. The summed E-state index contributed by atoms with van der Waals surface area (Å²) in [6, 6.07) is 2.04. The quantitative estimate of drug-likeness (QED) is 0.228. The zero-order valence-corrected chi connectivity index (χ0v) is 30.7. The molecule has 2 bridgehead atoms. The van der Waals surface area contributed by atoms with Crippen LogP contribution in [-0.4, -0.2) is 75.5 Å². The third kappa shape index (κ3) is 6.14. The van der Waals surface area contributed by atoms with Gasteiger partial charge in [-0.3, -0.25) is 10.3 Å². The van der Waals surface area contributed by atoms with Gasteiger partial charge >= 0.3 is 18.2 Å². The zero-order valence-electron chi connectivity index (χ0n) is 29.9. The van der Waals surface area contributed by atoms with E-state index < -0.39 is 23.1 Å². The van der Waals surface area contributed by atoms with E-state index in [4.69, 9.17) is 28.9 Å². The molecule has 1 aromatic carbocycles. The number of carbonyl (C=O) groups excluding carboxylic acids is 2. The number of carbonyl (C=O) groups is 2. The Bertz CT molecular complexity index is 2140. The van der Waals surface area contributed by atoms with Crippen LogP contribution in [0.25, 0.3) is 32.2 Å². The Morgan fingerprint density at radius 1 is 1.04 bits per heavy atom. The number of nitrogens with one attached hydrogen (secondary N) is 1. The van der Waals surface area contributed by atoms with Gasteiger partial charge in [0.25, 0.3) is 0 Å². The molecular weight excluding hydrogens is 678 g/mol. The minimum atomic E-state index is -0.752. The molecule has 268 valence electrons. The van der Waals surface area contributed by atoms with Gasteiger partial charge in [0.1, 0.15) is 33.6 Å². The lowest BCUT2D eigenvalue weighted by Gasteiger charge is -2.42. The molecule has 3 aromatic heterocycles. The van der Waals surface area contributed by atoms with E-state index in [1.807, 2.05) is 27.7 Å². The number of rotatable bonds is 4. The lowest BCUT2D eigenvalue weighted by Crippen LogP contribution is -2.56. The molecule has 0 radical (unpaired) electrons. The first kappa shape index (κ1) is 34.6. The minimum absolute atomic E-state index is 0.00528. The van der Waals surface area contributed by atoms with Crippen LogP contribution in [0.3, 0.4) is 0 Å². The van der Waals surface area contributed by atoms with Gasteiger partial charge in [-0.25, -0.2) is 14.0 Å². The zero-order chi connectivity index (χ0) is 36.6. The van der Waals surface area contributed by atoms with Crippen LogP contribution in [0.2, 0.25) is 0 Å². The molecule has 0 saturated carbocycles. The van der Waals surface area contributed by atoms with Crippen LogP contribution in [0.4, 0.5) is 24.8 Å². The monoisotopic (exact) mass is 717 g/mol. The van der Waals surface area contributed by atoms with Gasteiger partial charge in [-0.2, -0.15) is 15.2 Å². The highest BCUT2D eigenvalue weighted by atomic mass is 32.1. The number of amides is 2. The van der Waals surface area contributed by atoms with Crippen molar-refractivity contribution < 1.29 is 32.9 Å². The summed E-state index contributed by atoms with van der Waals surface area (Å²) in [7, 11) is 1.43. The van der Waals surface area contributed by atoms with Crippen molar-refractivity contribution in [1.29, 1.82) is 5.26 Å². The van der Waals surface area contributed by atoms with E-state index in [0.717, 1.165) is 24.0 Å². The van der Waals surface area contributed by atoms with E-state index in [-0.39, 0.29) is 64.7 Å². The van der Waals surface area contributed by atoms with Crippen LogP contribution < -0.4 is 15.0 Å². The molecule has 13 nitrogen and oxygen atoms in total. The van der Waals surface area contributed by atoms with Crippen molar-refractivity contribution in [3.05, 3.63) is 34.3 Å². The molecule has 51 heavy (non-hydrogen) atoms. The van der Waals surface area contributed by atoms with Gasteiger partial charge in [-0.1, -0.05) is 0 Å². The minimum Gasteiger partial charge on any atom is -0.467 e. The number of hydrogen-bond donors (Lipinski definition) is 1. The van der Waals surface area contributed by atoms with Crippen LogP contribution in [0, 0.1) is 24.1 Å². The normalized spacial score (nSPS) is 18.6. The molecule has 2 atom stereocenters. The third-order valence-electron chi connectivity index (χ3n) is 9.17. The number of halogens is 1. The van der Waals surface area contributed by atoms with Gasteiger partial charge in [0.15, 0.2) is 5.82 Å². The number of hydrogen-bond acceptors (Lipinski definition) is 12. The number of piperazine rings is 1. The van der Waals surface area contributed by atoms with E-state index in [1.54, 1.807) is 31.9 Å². The fraction of sp³-hybridized carbons (Fsp3) is 0.500. The molecular formula is C36H40FN7O6S. The number of fused-ring (bicyclic) bond motifs is 6. The maximum absolute atomic E-state index is 17.4. The molecule has 2 unspecified atom stereocenters. The summed E-state index contributed by atoms with van der Waals surface area (Å²) in [4.78, 5) is 43.8. The summed E-state index contributed by atoms with van der Waals surface area (Å²) in [5, 5.41) is 14.3.